The van der Waals surface area contributed by atoms with E-state index in [-0.39, 0.29) is 12.3 Å². The van der Waals surface area contributed by atoms with Crippen LogP contribution in [0.3, 0.4) is 0 Å². The second-order valence-corrected chi connectivity index (χ2v) is 4.39. The first-order chi connectivity index (χ1) is 9.67. The van der Waals surface area contributed by atoms with E-state index in [1.807, 2.05) is 31.2 Å². The molecule has 2 aromatic rings. The van der Waals surface area contributed by atoms with Crippen molar-refractivity contribution in [2.45, 2.75) is 20.1 Å². The lowest BCUT2D eigenvalue weighted by atomic mass is 10.1. The molecular formula is C14H17N3O3. The average molecular weight is 275 g/mol. The number of nitrogens with zero attached hydrogens (tertiary/aromatic N) is 3. The molecule has 1 aromatic heterocycles. The van der Waals surface area contributed by atoms with E-state index in [9.17, 15) is 4.79 Å². The number of aryl methyl sites for hydroxylation is 1. The lowest BCUT2D eigenvalue weighted by Gasteiger charge is -2.09. The zero-order chi connectivity index (χ0) is 14.5. The molecule has 0 saturated heterocycles. The van der Waals surface area contributed by atoms with Crippen LogP contribution in [0.5, 0.6) is 0 Å². The molecule has 106 valence electrons. The van der Waals surface area contributed by atoms with Crippen LogP contribution in [0.25, 0.3) is 0 Å². The Morgan fingerprint density at radius 3 is 2.70 bits per heavy atom. The third-order valence-corrected chi connectivity index (χ3v) is 3.08. The minimum Gasteiger partial charge on any atom is -0.464 e. The predicted molar refractivity (Wildman–Crippen MR) is 72.4 cm³/mol. The molecule has 0 fully saturated rings. The van der Waals surface area contributed by atoms with Gasteiger partial charge >= 0.3 is 5.97 Å². The molecule has 0 spiro atoms. The van der Waals surface area contributed by atoms with Gasteiger partial charge in [-0.15, -0.1) is 5.10 Å². The van der Waals surface area contributed by atoms with Crippen molar-refractivity contribution >= 4 is 5.97 Å². The summed E-state index contributed by atoms with van der Waals surface area (Å²) in [6.07, 6.45) is 0. The van der Waals surface area contributed by atoms with E-state index in [1.54, 1.807) is 11.8 Å². The second kappa shape index (κ2) is 6.29. The molecule has 0 unspecified atom stereocenters. The molecule has 0 atom stereocenters. The molecule has 6 heteroatoms. The zero-order valence-electron chi connectivity index (χ0n) is 11.8. The molecule has 20 heavy (non-hydrogen) atoms. The molecular weight excluding hydrogens is 258 g/mol. The molecule has 6 nitrogen and oxygen atoms in total. The Morgan fingerprint density at radius 2 is 2.05 bits per heavy atom. The Balaban J connectivity index is 2.34. The number of carbonyl (C=O) groups is 1. The molecule has 0 aliphatic carbocycles. The number of benzene rings is 1. The van der Waals surface area contributed by atoms with Crippen molar-refractivity contribution in [3.63, 3.8) is 0 Å². The Kier molecular flexibility index (Phi) is 4.47. The Labute approximate surface area is 117 Å². The highest BCUT2D eigenvalue weighted by Gasteiger charge is 2.20. The van der Waals surface area contributed by atoms with Crippen LogP contribution < -0.4 is 0 Å². The van der Waals surface area contributed by atoms with E-state index in [4.69, 9.17) is 9.47 Å². The van der Waals surface area contributed by atoms with Crippen molar-refractivity contribution in [2.75, 3.05) is 14.2 Å². The molecule has 0 bridgehead atoms. The van der Waals surface area contributed by atoms with Gasteiger partial charge in [-0.3, -0.25) is 0 Å². The molecule has 0 aliphatic rings. The Bertz CT molecular complexity index is 607. The van der Waals surface area contributed by atoms with Gasteiger partial charge in [-0.05, 0) is 18.1 Å². The quantitative estimate of drug-likeness (QED) is 0.775. The summed E-state index contributed by atoms with van der Waals surface area (Å²) in [6.45, 7) is 2.82. The minimum absolute atomic E-state index is 0.197. The smallest absolute Gasteiger partial charge is 0.360 e. The second-order valence-electron chi connectivity index (χ2n) is 4.39. The van der Waals surface area contributed by atoms with E-state index in [1.165, 1.54) is 7.11 Å². The first-order valence-electron chi connectivity index (χ1n) is 6.21. The molecule has 1 heterocycles. The van der Waals surface area contributed by atoms with Crippen molar-refractivity contribution in [1.29, 1.82) is 0 Å². The third kappa shape index (κ3) is 2.85. The Morgan fingerprint density at radius 1 is 1.30 bits per heavy atom. The highest BCUT2D eigenvalue weighted by molar-refractivity contribution is 5.88. The fourth-order valence-electron chi connectivity index (χ4n) is 1.94. The fourth-order valence-corrected chi connectivity index (χ4v) is 1.94. The topological polar surface area (TPSA) is 66.2 Å². The van der Waals surface area contributed by atoms with Crippen LogP contribution in [0, 0.1) is 6.92 Å². The van der Waals surface area contributed by atoms with Gasteiger partial charge in [0.1, 0.15) is 0 Å². The van der Waals surface area contributed by atoms with Crippen molar-refractivity contribution < 1.29 is 14.3 Å². The molecule has 0 radical (unpaired) electrons. The molecule has 0 aliphatic heterocycles. The summed E-state index contributed by atoms with van der Waals surface area (Å²) in [5.41, 5.74) is 3.09. The predicted octanol–water partition coefficient (Wildman–Crippen LogP) is 1.57. The normalized spacial score (nSPS) is 10.6. The number of hydrogen-bond donors (Lipinski definition) is 0. The highest BCUT2D eigenvalue weighted by Crippen LogP contribution is 2.13. The summed E-state index contributed by atoms with van der Waals surface area (Å²) in [7, 11) is 2.88. The van der Waals surface area contributed by atoms with Gasteiger partial charge in [-0.2, -0.15) is 0 Å². The van der Waals surface area contributed by atoms with Crippen LogP contribution in [0.15, 0.2) is 24.3 Å². The van der Waals surface area contributed by atoms with Crippen LogP contribution in [0.2, 0.25) is 0 Å². The van der Waals surface area contributed by atoms with E-state index in [0.717, 1.165) is 11.1 Å². The van der Waals surface area contributed by atoms with Gasteiger partial charge in [0.05, 0.1) is 26.0 Å². The van der Waals surface area contributed by atoms with Gasteiger partial charge in [0.25, 0.3) is 0 Å². The highest BCUT2D eigenvalue weighted by atomic mass is 16.5. The van der Waals surface area contributed by atoms with Crippen LogP contribution in [-0.4, -0.2) is 35.2 Å². The SMILES string of the molecule is COCc1c(C(=O)OC)nnn1Cc1ccccc1C. The standard InChI is InChI=1S/C14H17N3O3/c1-10-6-4-5-7-11(10)8-17-12(9-19-2)13(15-16-17)14(18)20-3/h4-7H,8-9H2,1-3H3. The van der Waals surface area contributed by atoms with Gasteiger partial charge in [-0.25, -0.2) is 9.48 Å². The maximum Gasteiger partial charge on any atom is 0.360 e. The maximum atomic E-state index is 11.6. The van der Waals surface area contributed by atoms with Gasteiger partial charge < -0.3 is 9.47 Å². The summed E-state index contributed by atoms with van der Waals surface area (Å²) >= 11 is 0. The van der Waals surface area contributed by atoms with Crippen LogP contribution >= 0.6 is 0 Å². The molecule has 0 N–H and O–H groups in total. The van der Waals surface area contributed by atoms with Gasteiger partial charge in [0.15, 0.2) is 5.69 Å². The van der Waals surface area contributed by atoms with E-state index >= 15 is 0 Å². The van der Waals surface area contributed by atoms with E-state index < -0.39 is 5.97 Å². The number of aromatic nitrogens is 3. The van der Waals surface area contributed by atoms with Crippen molar-refractivity contribution in [1.82, 2.24) is 15.0 Å². The van der Waals surface area contributed by atoms with Crippen molar-refractivity contribution in [2.24, 2.45) is 0 Å². The first-order valence-corrected chi connectivity index (χ1v) is 6.21. The van der Waals surface area contributed by atoms with Crippen LogP contribution in [-0.2, 0) is 22.6 Å². The van der Waals surface area contributed by atoms with Crippen LogP contribution in [0.4, 0.5) is 0 Å². The molecule has 0 saturated carbocycles. The van der Waals surface area contributed by atoms with Gasteiger partial charge in [-0.1, -0.05) is 29.5 Å². The number of hydrogen-bond acceptors (Lipinski definition) is 5. The van der Waals surface area contributed by atoms with Gasteiger partial charge in [0.2, 0.25) is 0 Å². The number of methoxy groups -OCH3 is 2. The number of ether oxygens (including phenoxy) is 2. The largest absolute Gasteiger partial charge is 0.464 e. The fraction of sp³-hybridized carbons (Fsp3) is 0.357. The van der Waals surface area contributed by atoms with E-state index in [2.05, 4.69) is 10.3 Å². The average Bonchev–Trinajstić information content (AvgIpc) is 2.84. The lowest BCUT2D eigenvalue weighted by Crippen LogP contribution is -2.11. The molecule has 2 rings (SSSR count). The summed E-state index contributed by atoms with van der Waals surface area (Å²) in [5.74, 6) is -0.506. The third-order valence-electron chi connectivity index (χ3n) is 3.08. The summed E-state index contributed by atoms with van der Waals surface area (Å²) in [5, 5.41) is 7.92. The minimum atomic E-state index is -0.506. The molecule has 1 aromatic carbocycles. The monoisotopic (exact) mass is 275 g/mol. The summed E-state index contributed by atoms with van der Waals surface area (Å²) < 4.78 is 11.5. The van der Waals surface area contributed by atoms with Gasteiger partial charge in [0, 0.05) is 7.11 Å². The zero-order valence-corrected chi connectivity index (χ0v) is 11.8. The number of carbonyl (C=O) groups excluding carboxylic acids is 1. The maximum absolute atomic E-state index is 11.6. The summed E-state index contributed by atoms with van der Waals surface area (Å²) in [4.78, 5) is 11.6. The van der Waals surface area contributed by atoms with Crippen LogP contribution in [0.1, 0.15) is 27.3 Å². The number of rotatable bonds is 5. The lowest BCUT2D eigenvalue weighted by molar-refractivity contribution is 0.0588. The summed E-state index contributed by atoms with van der Waals surface area (Å²) in [6, 6.07) is 8.00. The van der Waals surface area contributed by atoms with Crippen molar-refractivity contribution in [3.05, 3.63) is 46.8 Å². The van der Waals surface area contributed by atoms with Crippen molar-refractivity contribution in [3.8, 4) is 0 Å². The Hall–Kier alpha value is -2.21. The number of esters is 1. The van der Waals surface area contributed by atoms with E-state index in [0.29, 0.717) is 12.2 Å². The first kappa shape index (κ1) is 14.2. The molecule has 0 amide bonds.